The fourth-order valence-electron chi connectivity index (χ4n) is 2.88. The number of aliphatic hydroxyl groups excluding tert-OH is 1. The molecule has 1 aromatic heterocycles. The molecule has 0 amide bonds. The number of halogens is 3. The van der Waals surface area contributed by atoms with Crippen molar-refractivity contribution in [3.05, 3.63) is 64.4 Å². The van der Waals surface area contributed by atoms with E-state index in [1.165, 1.54) is 6.07 Å². The monoisotopic (exact) mass is 324 g/mol. The second kappa shape index (κ2) is 6.28. The third-order valence-corrected chi connectivity index (χ3v) is 4.10. The van der Waals surface area contributed by atoms with Gasteiger partial charge in [-0.2, -0.15) is 0 Å². The zero-order chi connectivity index (χ0) is 15.7. The Morgan fingerprint density at radius 1 is 1.27 bits per heavy atom. The minimum atomic E-state index is -0.562. The molecule has 0 aliphatic carbocycles. The number of β-amino-alcohol motifs (C(OH)–C–C–N with tert-alkyl or cyclic N) is 1. The Hall–Kier alpha value is -1.56. The molecule has 1 saturated heterocycles. The Labute approximate surface area is 132 Å². The Morgan fingerprint density at radius 3 is 2.82 bits per heavy atom. The topological polar surface area (TPSA) is 36.4 Å². The Balaban J connectivity index is 1.85. The van der Waals surface area contributed by atoms with Crippen molar-refractivity contribution in [1.29, 1.82) is 0 Å². The fourth-order valence-corrected chi connectivity index (χ4v) is 2.99. The van der Waals surface area contributed by atoms with Crippen molar-refractivity contribution in [1.82, 2.24) is 9.88 Å². The molecule has 3 rings (SSSR count). The summed E-state index contributed by atoms with van der Waals surface area (Å²) < 4.78 is 27.4. The second-order valence-corrected chi connectivity index (χ2v) is 5.88. The standard InChI is InChI=1S/C16H15ClF2N2O/c17-16-4-1-10(7-20-16)8-21-9-12(22)6-15(21)13-5-11(18)2-3-14(13)19/h1-5,7,12,15,22H,6,8-9H2. The number of aliphatic hydroxyl groups is 1. The first-order valence-electron chi connectivity index (χ1n) is 7.00. The smallest absolute Gasteiger partial charge is 0.129 e. The van der Waals surface area contributed by atoms with Crippen molar-refractivity contribution < 1.29 is 13.9 Å². The maximum atomic E-state index is 14.0. The highest BCUT2D eigenvalue weighted by atomic mass is 35.5. The lowest BCUT2D eigenvalue weighted by atomic mass is 10.0. The molecule has 0 saturated carbocycles. The average Bonchev–Trinajstić information content (AvgIpc) is 2.84. The first-order valence-corrected chi connectivity index (χ1v) is 7.38. The van der Waals surface area contributed by atoms with Gasteiger partial charge >= 0.3 is 0 Å². The van der Waals surface area contributed by atoms with Gasteiger partial charge in [0, 0.05) is 30.9 Å². The molecule has 1 aliphatic rings. The molecule has 2 unspecified atom stereocenters. The van der Waals surface area contributed by atoms with Crippen LogP contribution < -0.4 is 0 Å². The summed E-state index contributed by atoms with van der Waals surface area (Å²) in [7, 11) is 0. The van der Waals surface area contributed by atoms with E-state index in [1.807, 2.05) is 11.0 Å². The molecule has 116 valence electrons. The van der Waals surface area contributed by atoms with Crippen LogP contribution in [0.2, 0.25) is 5.15 Å². The molecule has 22 heavy (non-hydrogen) atoms. The highest BCUT2D eigenvalue weighted by Gasteiger charge is 2.33. The third-order valence-electron chi connectivity index (χ3n) is 3.87. The van der Waals surface area contributed by atoms with E-state index in [2.05, 4.69) is 4.98 Å². The van der Waals surface area contributed by atoms with Crippen LogP contribution in [0, 0.1) is 11.6 Å². The number of likely N-dealkylation sites (tertiary alicyclic amines) is 1. The summed E-state index contributed by atoms with van der Waals surface area (Å²) in [6.45, 7) is 0.894. The van der Waals surface area contributed by atoms with E-state index in [1.54, 1.807) is 12.3 Å². The highest BCUT2D eigenvalue weighted by Crippen LogP contribution is 2.35. The van der Waals surface area contributed by atoms with E-state index < -0.39 is 17.7 Å². The van der Waals surface area contributed by atoms with Crippen molar-refractivity contribution in [3.8, 4) is 0 Å². The van der Waals surface area contributed by atoms with Crippen LogP contribution in [0.4, 0.5) is 8.78 Å². The number of aromatic nitrogens is 1. The Kier molecular flexibility index (Phi) is 4.38. The van der Waals surface area contributed by atoms with Crippen LogP contribution in [0.15, 0.2) is 36.5 Å². The summed E-state index contributed by atoms with van der Waals surface area (Å²) in [5, 5.41) is 10.3. The van der Waals surface area contributed by atoms with E-state index in [0.29, 0.717) is 24.7 Å². The summed E-state index contributed by atoms with van der Waals surface area (Å²) in [6.07, 6.45) is 1.46. The first kappa shape index (κ1) is 15.3. The van der Waals surface area contributed by atoms with Gasteiger partial charge in [-0.1, -0.05) is 17.7 Å². The second-order valence-electron chi connectivity index (χ2n) is 5.49. The zero-order valence-corrected chi connectivity index (χ0v) is 12.5. The van der Waals surface area contributed by atoms with Crippen molar-refractivity contribution in [2.75, 3.05) is 6.54 Å². The molecule has 1 N–H and O–H groups in total. The SMILES string of the molecule is OC1CC(c2cc(F)ccc2F)N(Cc2ccc(Cl)nc2)C1. The number of hydrogen-bond donors (Lipinski definition) is 1. The van der Waals surface area contributed by atoms with E-state index in [0.717, 1.165) is 17.7 Å². The van der Waals surface area contributed by atoms with Crippen LogP contribution >= 0.6 is 11.6 Å². The summed E-state index contributed by atoms with van der Waals surface area (Å²) in [6, 6.07) is 6.57. The van der Waals surface area contributed by atoms with Crippen LogP contribution in [0.25, 0.3) is 0 Å². The summed E-state index contributed by atoms with van der Waals surface area (Å²) >= 11 is 5.76. The van der Waals surface area contributed by atoms with Crippen LogP contribution in [-0.4, -0.2) is 27.6 Å². The van der Waals surface area contributed by atoms with Gasteiger partial charge in [0.15, 0.2) is 0 Å². The lowest BCUT2D eigenvalue weighted by Crippen LogP contribution is -2.25. The molecule has 1 aliphatic heterocycles. The van der Waals surface area contributed by atoms with E-state index in [9.17, 15) is 13.9 Å². The van der Waals surface area contributed by atoms with Crippen LogP contribution in [-0.2, 0) is 6.54 Å². The fraction of sp³-hybridized carbons (Fsp3) is 0.312. The maximum absolute atomic E-state index is 14.0. The van der Waals surface area contributed by atoms with Gasteiger partial charge in [-0.15, -0.1) is 0 Å². The van der Waals surface area contributed by atoms with Crippen molar-refractivity contribution in [2.45, 2.75) is 25.1 Å². The summed E-state index contributed by atoms with van der Waals surface area (Å²) in [5.74, 6) is -0.939. The largest absolute Gasteiger partial charge is 0.392 e. The van der Waals surface area contributed by atoms with Crippen molar-refractivity contribution in [3.63, 3.8) is 0 Å². The number of pyridine rings is 1. The zero-order valence-electron chi connectivity index (χ0n) is 11.7. The normalized spacial score (nSPS) is 22.2. The predicted molar refractivity (Wildman–Crippen MR) is 79.4 cm³/mol. The number of hydrogen-bond acceptors (Lipinski definition) is 3. The lowest BCUT2D eigenvalue weighted by Gasteiger charge is -2.24. The van der Waals surface area contributed by atoms with Gasteiger partial charge in [0.1, 0.15) is 16.8 Å². The van der Waals surface area contributed by atoms with Gasteiger partial charge in [0.05, 0.1) is 6.10 Å². The van der Waals surface area contributed by atoms with Crippen molar-refractivity contribution in [2.24, 2.45) is 0 Å². The minimum Gasteiger partial charge on any atom is -0.392 e. The van der Waals surface area contributed by atoms with Crippen molar-refractivity contribution >= 4 is 11.6 Å². The number of rotatable bonds is 3. The molecular formula is C16H15ClF2N2O. The lowest BCUT2D eigenvalue weighted by molar-refractivity contribution is 0.172. The molecule has 0 radical (unpaired) electrons. The average molecular weight is 325 g/mol. The van der Waals surface area contributed by atoms with Gasteiger partial charge in [0.2, 0.25) is 0 Å². The quantitative estimate of drug-likeness (QED) is 0.880. The molecule has 3 nitrogen and oxygen atoms in total. The molecule has 1 aromatic carbocycles. The molecule has 0 bridgehead atoms. The maximum Gasteiger partial charge on any atom is 0.129 e. The van der Waals surface area contributed by atoms with Gasteiger partial charge in [0.25, 0.3) is 0 Å². The van der Waals surface area contributed by atoms with E-state index >= 15 is 0 Å². The first-order chi connectivity index (χ1) is 10.5. The predicted octanol–water partition coefficient (Wildman–Crippen LogP) is 3.32. The molecule has 2 atom stereocenters. The van der Waals surface area contributed by atoms with E-state index in [4.69, 9.17) is 11.6 Å². The summed E-state index contributed by atoms with van der Waals surface area (Å²) in [4.78, 5) is 5.94. The minimum absolute atomic E-state index is 0.276. The molecule has 2 heterocycles. The Bertz CT molecular complexity index is 666. The van der Waals surface area contributed by atoms with Gasteiger partial charge in [-0.25, -0.2) is 13.8 Å². The van der Waals surface area contributed by atoms with Crippen LogP contribution in [0.3, 0.4) is 0 Å². The molecule has 2 aromatic rings. The summed E-state index contributed by atoms with van der Waals surface area (Å²) in [5.41, 5.74) is 1.18. The molecular weight excluding hydrogens is 310 g/mol. The third kappa shape index (κ3) is 3.27. The Morgan fingerprint density at radius 2 is 2.09 bits per heavy atom. The van der Waals surface area contributed by atoms with Gasteiger partial charge in [-0.05, 0) is 36.2 Å². The number of nitrogens with zero attached hydrogens (tertiary/aromatic N) is 2. The molecule has 6 heteroatoms. The van der Waals surface area contributed by atoms with Gasteiger partial charge in [-0.3, -0.25) is 4.90 Å². The van der Waals surface area contributed by atoms with Crippen LogP contribution in [0.1, 0.15) is 23.6 Å². The molecule has 1 fully saturated rings. The highest BCUT2D eigenvalue weighted by molar-refractivity contribution is 6.29. The van der Waals surface area contributed by atoms with Gasteiger partial charge < -0.3 is 5.11 Å². The van der Waals surface area contributed by atoms with E-state index in [-0.39, 0.29) is 11.6 Å². The van der Waals surface area contributed by atoms with Crippen LogP contribution in [0.5, 0.6) is 0 Å². The molecule has 0 spiro atoms. The number of benzene rings is 1.